The number of hydrogen-bond donors (Lipinski definition) is 1. The third kappa shape index (κ3) is 3.04. The van der Waals surface area contributed by atoms with Gasteiger partial charge in [-0.1, -0.05) is 0 Å². The lowest BCUT2D eigenvalue weighted by Gasteiger charge is -2.15. The van der Waals surface area contributed by atoms with E-state index >= 15 is 0 Å². The molecule has 0 saturated heterocycles. The van der Waals surface area contributed by atoms with Crippen LogP contribution in [0.5, 0.6) is 0 Å². The van der Waals surface area contributed by atoms with E-state index in [4.69, 9.17) is 4.74 Å². The van der Waals surface area contributed by atoms with Gasteiger partial charge in [-0.2, -0.15) is 5.10 Å². The summed E-state index contributed by atoms with van der Waals surface area (Å²) in [4.78, 5) is 28.5. The molecule has 3 heterocycles. The van der Waals surface area contributed by atoms with Crippen molar-refractivity contribution in [2.24, 2.45) is 7.05 Å². The van der Waals surface area contributed by atoms with Gasteiger partial charge in [0.05, 0.1) is 23.3 Å². The van der Waals surface area contributed by atoms with Gasteiger partial charge in [-0.15, -0.1) is 0 Å². The van der Waals surface area contributed by atoms with Crippen LogP contribution in [0.4, 0.5) is 5.69 Å². The zero-order chi connectivity index (χ0) is 17.3. The Morgan fingerprint density at radius 1 is 1.33 bits per heavy atom. The highest BCUT2D eigenvalue weighted by Crippen LogP contribution is 2.19. The summed E-state index contributed by atoms with van der Waals surface area (Å²) in [5.41, 5.74) is 2.63. The summed E-state index contributed by atoms with van der Waals surface area (Å²) in [6, 6.07) is 0. The Kier molecular flexibility index (Phi) is 4.37. The highest BCUT2D eigenvalue weighted by atomic mass is 16.5. The van der Waals surface area contributed by atoms with Crippen molar-refractivity contribution in [1.82, 2.24) is 19.3 Å². The van der Waals surface area contributed by atoms with Crippen LogP contribution in [0.15, 0.2) is 6.20 Å². The number of amides is 1. The Bertz CT molecular complexity index is 790. The molecule has 0 unspecified atom stereocenters. The van der Waals surface area contributed by atoms with E-state index in [-0.39, 0.29) is 12.5 Å². The second kappa shape index (κ2) is 6.46. The number of anilines is 1. The summed E-state index contributed by atoms with van der Waals surface area (Å²) < 4.78 is 8.70. The van der Waals surface area contributed by atoms with E-state index in [0.29, 0.717) is 11.4 Å². The van der Waals surface area contributed by atoms with Gasteiger partial charge in [0.2, 0.25) is 0 Å². The number of imidazole rings is 1. The monoisotopic (exact) mass is 331 g/mol. The van der Waals surface area contributed by atoms with E-state index in [9.17, 15) is 9.59 Å². The lowest BCUT2D eigenvalue weighted by atomic mass is 10.2. The Morgan fingerprint density at radius 3 is 2.83 bits per heavy atom. The second-order valence-electron chi connectivity index (χ2n) is 5.96. The standard InChI is InChI=1S/C16H21N5O3/c1-10-15(11(2)20(3)19-10)18-14(22)9-24-16(23)12-8-17-13-6-4-5-7-21(12)13/h8H,4-7,9H2,1-3H3,(H,18,22). The first-order valence-corrected chi connectivity index (χ1v) is 7.99. The Hall–Kier alpha value is -2.64. The molecule has 0 spiro atoms. The van der Waals surface area contributed by atoms with Gasteiger partial charge in [-0.25, -0.2) is 9.78 Å². The van der Waals surface area contributed by atoms with Crippen molar-refractivity contribution in [3.8, 4) is 0 Å². The molecule has 24 heavy (non-hydrogen) atoms. The number of esters is 1. The van der Waals surface area contributed by atoms with Crippen LogP contribution in [0, 0.1) is 13.8 Å². The molecule has 8 nitrogen and oxygen atoms in total. The fourth-order valence-electron chi connectivity index (χ4n) is 2.91. The largest absolute Gasteiger partial charge is 0.451 e. The number of ether oxygens (including phenoxy) is 1. The van der Waals surface area contributed by atoms with E-state index < -0.39 is 5.97 Å². The fourth-order valence-corrected chi connectivity index (χ4v) is 2.91. The van der Waals surface area contributed by atoms with Crippen LogP contribution < -0.4 is 5.32 Å². The highest BCUT2D eigenvalue weighted by Gasteiger charge is 2.21. The molecule has 0 aromatic carbocycles. The van der Waals surface area contributed by atoms with Crippen molar-refractivity contribution in [3.63, 3.8) is 0 Å². The summed E-state index contributed by atoms with van der Waals surface area (Å²) in [7, 11) is 1.81. The van der Waals surface area contributed by atoms with Gasteiger partial charge in [-0.05, 0) is 26.7 Å². The average molecular weight is 331 g/mol. The van der Waals surface area contributed by atoms with Crippen LogP contribution in [-0.4, -0.2) is 37.8 Å². The molecule has 1 aliphatic rings. The zero-order valence-corrected chi connectivity index (χ0v) is 14.1. The molecular weight excluding hydrogens is 310 g/mol. The van der Waals surface area contributed by atoms with Crippen molar-refractivity contribution in [3.05, 3.63) is 29.1 Å². The maximum Gasteiger partial charge on any atom is 0.357 e. The molecule has 8 heteroatoms. The van der Waals surface area contributed by atoms with Crippen LogP contribution in [0.25, 0.3) is 0 Å². The summed E-state index contributed by atoms with van der Waals surface area (Å²) in [6.07, 6.45) is 4.49. The number of rotatable bonds is 4. The van der Waals surface area contributed by atoms with E-state index in [2.05, 4.69) is 15.4 Å². The quantitative estimate of drug-likeness (QED) is 0.854. The van der Waals surface area contributed by atoms with E-state index in [1.165, 1.54) is 6.20 Å². The van der Waals surface area contributed by atoms with Crippen molar-refractivity contribution in [1.29, 1.82) is 0 Å². The van der Waals surface area contributed by atoms with Gasteiger partial charge in [0.1, 0.15) is 11.5 Å². The van der Waals surface area contributed by atoms with E-state index in [0.717, 1.165) is 43.0 Å². The molecule has 1 aliphatic heterocycles. The lowest BCUT2D eigenvalue weighted by Crippen LogP contribution is -2.23. The van der Waals surface area contributed by atoms with Gasteiger partial charge in [0, 0.05) is 20.0 Å². The third-order valence-electron chi connectivity index (χ3n) is 4.29. The zero-order valence-electron chi connectivity index (χ0n) is 14.1. The van der Waals surface area contributed by atoms with Crippen molar-refractivity contribution in [2.45, 2.75) is 39.7 Å². The summed E-state index contributed by atoms with van der Waals surface area (Å²) in [5, 5.41) is 6.97. The molecule has 0 aliphatic carbocycles. The Balaban J connectivity index is 1.60. The van der Waals surface area contributed by atoms with Crippen LogP contribution in [-0.2, 0) is 29.5 Å². The maximum atomic E-state index is 12.2. The topological polar surface area (TPSA) is 91.0 Å². The van der Waals surface area contributed by atoms with Gasteiger partial charge >= 0.3 is 5.97 Å². The fraction of sp³-hybridized carbons (Fsp3) is 0.500. The summed E-state index contributed by atoms with van der Waals surface area (Å²) in [6.45, 7) is 4.10. The number of aryl methyl sites for hydroxylation is 3. The van der Waals surface area contributed by atoms with Crippen LogP contribution in [0.3, 0.4) is 0 Å². The maximum absolute atomic E-state index is 12.2. The van der Waals surface area contributed by atoms with Crippen LogP contribution in [0.1, 0.15) is 40.5 Å². The van der Waals surface area contributed by atoms with E-state index in [1.54, 1.807) is 11.7 Å². The molecule has 1 N–H and O–H groups in total. The van der Waals surface area contributed by atoms with Gasteiger partial charge in [0.15, 0.2) is 6.61 Å². The Morgan fingerprint density at radius 2 is 2.12 bits per heavy atom. The van der Waals surface area contributed by atoms with Crippen LogP contribution in [0.2, 0.25) is 0 Å². The number of nitrogens with one attached hydrogen (secondary N) is 1. The van der Waals surface area contributed by atoms with E-state index in [1.807, 2.05) is 18.4 Å². The average Bonchev–Trinajstić information content (AvgIpc) is 3.09. The molecule has 0 bridgehead atoms. The molecule has 1 amide bonds. The first kappa shape index (κ1) is 16.2. The van der Waals surface area contributed by atoms with Crippen molar-refractivity contribution < 1.29 is 14.3 Å². The number of aromatic nitrogens is 4. The minimum atomic E-state index is -0.523. The molecule has 2 aromatic rings. The molecule has 2 aromatic heterocycles. The highest BCUT2D eigenvalue weighted by molar-refractivity contribution is 5.95. The summed E-state index contributed by atoms with van der Waals surface area (Å²) >= 11 is 0. The van der Waals surface area contributed by atoms with Crippen molar-refractivity contribution in [2.75, 3.05) is 11.9 Å². The molecule has 128 valence electrons. The SMILES string of the molecule is Cc1nn(C)c(C)c1NC(=O)COC(=O)c1cnc2n1CCCC2. The number of nitrogens with zero attached hydrogens (tertiary/aromatic N) is 4. The Labute approximate surface area is 139 Å². The van der Waals surface area contributed by atoms with Gasteiger partial charge in [0.25, 0.3) is 5.91 Å². The third-order valence-corrected chi connectivity index (χ3v) is 4.29. The predicted octanol–water partition coefficient (Wildman–Crippen LogP) is 1.37. The minimum Gasteiger partial charge on any atom is -0.451 e. The summed E-state index contributed by atoms with van der Waals surface area (Å²) in [5.74, 6) is -0.00868. The van der Waals surface area contributed by atoms with Gasteiger partial charge in [-0.3, -0.25) is 9.48 Å². The van der Waals surface area contributed by atoms with Crippen molar-refractivity contribution >= 4 is 17.6 Å². The second-order valence-corrected chi connectivity index (χ2v) is 5.96. The van der Waals surface area contributed by atoms with Gasteiger partial charge < -0.3 is 14.6 Å². The lowest BCUT2D eigenvalue weighted by molar-refractivity contribution is -0.119. The number of hydrogen-bond acceptors (Lipinski definition) is 5. The predicted molar refractivity (Wildman–Crippen MR) is 86.8 cm³/mol. The smallest absolute Gasteiger partial charge is 0.357 e. The van der Waals surface area contributed by atoms with Crippen LogP contribution >= 0.6 is 0 Å². The molecule has 3 rings (SSSR count). The normalized spacial score (nSPS) is 13.5. The minimum absolute atomic E-state index is 0.340. The first-order chi connectivity index (χ1) is 11.5. The number of carbonyl (C=O) groups excluding carboxylic acids is 2. The molecule has 0 saturated carbocycles. The first-order valence-electron chi connectivity index (χ1n) is 7.99. The molecule has 0 atom stereocenters. The molecular formula is C16H21N5O3. The number of fused-ring (bicyclic) bond motifs is 1. The molecule has 0 radical (unpaired) electrons. The molecule has 0 fully saturated rings. The number of carbonyl (C=O) groups is 2.